The van der Waals surface area contributed by atoms with E-state index in [0.29, 0.717) is 0 Å². The molecule has 0 saturated heterocycles. The number of hydrogen-bond donors (Lipinski definition) is 3. The van der Waals surface area contributed by atoms with E-state index >= 15 is 0 Å². The maximum atomic E-state index is 13.6. The Bertz CT molecular complexity index is 900. The van der Waals surface area contributed by atoms with Gasteiger partial charge in [0.2, 0.25) is 0 Å². The van der Waals surface area contributed by atoms with E-state index in [4.69, 9.17) is 33.8 Å². The van der Waals surface area contributed by atoms with Gasteiger partial charge >= 0.3 is 29.6 Å². The van der Waals surface area contributed by atoms with Crippen molar-refractivity contribution in [2.45, 2.75) is 29.9 Å². The van der Waals surface area contributed by atoms with Crippen LogP contribution in [0.1, 0.15) is 30.3 Å². The van der Waals surface area contributed by atoms with E-state index in [9.17, 15) is 18.6 Å². The number of rotatable bonds is 9. The maximum absolute atomic E-state index is 13.6. The van der Waals surface area contributed by atoms with Gasteiger partial charge in [-0.2, -0.15) is 0 Å². The molecule has 8 nitrogen and oxygen atoms in total. The number of nitrogens with one attached hydrogen (secondary N) is 1. The monoisotopic (exact) mass is 501 g/mol. The minimum Gasteiger partial charge on any atom is -0.756 e. The van der Waals surface area contributed by atoms with Crippen LogP contribution in [0.2, 0.25) is 0 Å². The predicted molar refractivity (Wildman–Crippen MR) is 109 cm³/mol. The van der Waals surface area contributed by atoms with Crippen LogP contribution in [0.25, 0.3) is 11.1 Å². The molecule has 0 aliphatic rings. The average Bonchev–Trinajstić information content (AvgIpc) is 2.69. The number of nitrogens with two attached hydrogens (primary N) is 1. The molecule has 0 fully saturated rings. The number of nitrogens with zero attached hydrogens (tertiary/aromatic N) is 1. The fourth-order valence-corrected chi connectivity index (χ4v) is 3.34. The Labute approximate surface area is 211 Å². The summed E-state index contributed by atoms with van der Waals surface area (Å²) >= 11 is 10.9. The number of alkyl halides is 3. The van der Waals surface area contributed by atoms with Crippen molar-refractivity contribution in [2.75, 3.05) is 6.67 Å². The van der Waals surface area contributed by atoms with E-state index in [1.165, 1.54) is 12.1 Å². The van der Waals surface area contributed by atoms with Crippen LogP contribution < -0.4 is 45.5 Å². The van der Waals surface area contributed by atoms with Crippen LogP contribution in [0.15, 0.2) is 42.6 Å². The number of hydrogen-bond acceptors (Lipinski definition) is 6. The quantitative estimate of drug-likeness (QED) is 0.240. The fourth-order valence-electron chi connectivity index (χ4n) is 2.66. The van der Waals surface area contributed by atoms with Gasteiger partial charge in [0.15, 0.2) is 4.84 Å². The summed E-state index contributed by atoms with van der Waals surface area (Å²) in [6.45, 7) is 0.602. The summed E-state index contributed by atoms with van der Waals surface area (Å²) in [4.78, 5) is 34.9. The molecule has 2 rings (SSSR count). The molecule has 2 unspecified atom stereocenters. The summed E-state index contributed by atoms with van der Waals surface area (Å²) in [5, 5.41) is 2.15. The minimum absolute atomic E-state index is 0. The van der Waals surface area contributed by atoms with Crippen LogP contribution in [0, 0.1) is 0 Å². The number of phosphoric ester groups is 1. The van der Waals surface area contributed by atoms with E-state index in [0.717, 1.165) is 16.8 Å². The van der Waals surface area contributed by atoms with Crippen molar-refractivity contribution in [3.05, 3.63) is 53.9 Å². The van der Waals surface area contributed by atoms with E-state index in [1.54, 1.807) is 24.4 Å². The number of aromatic nitrogens is 1. The van der Waals surface area contributed by atoms with Gasteiger partial charge in [-0.25, -0.2) is 4.39 Å². The topological polar surface area (TPSA) is 138 Å². The van der Waals surface area contributed by atoms with Crippen LogP contribution in [0.3, 0.4) is 0 Å². The van der Waals surface area contributed by atoms with E-state index < -0.39 is 37.4 Å². The molecule has 13 heteroatoms. The van der Waals surface area contributed by atoms with Crippen LogP contribution in [0.5, 0.6) is 0 Å². The molecule has 0 spiro atoms. The molecular formula is C18H20Cl2FN3NaO5P. The number of carbonyl (C=O) groups excluding carboxylic acids is 1. The molecule has 31 heavy (non-hydrogen) atoms. The summed E-state index contributed by atoms with van der Waals surface area (Å²) in [7, 11) is -5.26. The van der Waals surface area contributed by atoms with Gasteiger partial charge in [0.05, 0.1) is 11.7 Å². The van der Waals surface area contributed by atoms with Crippen LogP contribution in [-0.2, 0) is 13.9 Å². The standard InChI is InChI=1S/C18H21Cl2FN3O5P.Na/c1-10(22)14-7-6-13(9-23-14)11-2-4-12(5-3-11)16(29-30(26,27)28)15(8-21)24-18(25)17(19)20;/h2-7,9-10,15-17H,8,22H2,1H3,(H,24,25)(H2,26,27,28);/q;+1/p-1/t10?,15-,16-;/m1./s1. The van der Waals surface area contributed by atoms with Crippen LogP contribution >= 0.6 is 31.0 Å². The van der Waals surface area contributed by atoms with Crippen molar-refractivity contribution in [3.8, 4) is 11.1 Å². The zero-order valence-corrected chi connectivity index (χ0v) is 21.2. The number of carbonyl (C=O) groups is 1. The van der Waals surface area contributed by atoms with Gasteiger partial charge in [-0.15, -0.1) is 0 Å². The second kappa shape index (κ2) is 12.6. The van der Waals surface area contributed by atoms with Gasteiger partial charge in [0.25, 0.3) is 13.7 Å². The van der Waals surface area contributed by atoms with Gasteiger partial charge in [-0.05, 0) is 24.1 Å². The Morgan fingerprint density at radius 2 is 1.87 bits per heavy atom. The second-order valence-corrected chi connectivity index (χ2v) is 8.69. The fraction of sp³-hybridized carbons (Fsp3) is 0.333. The largest absolute Gasteiger partial charge is 1.00 e. The molecule has 164 valence electrons. The minimum atomic E-state index is -5.26. The first-order chi connectivity index (χ1) is 14.0. The summed E-state index contributed by atoms with van der Waals surface area (Å²) in [6.07, 6.45) is 0.0828. The SMILES string of the molecule is CC(N)c1ccc(-c2ccc([C@@H](OP(=O)([O-])O)[C@@H](CF)NC(=O)C(Cl)Cl)cc2)cn1.[Na+]. The molecular weight excluding hydrogens is 482 g/mol. The molecule has 0 radical (unpaired) electrons. The smallest absolute Gasteiger partial charge is 0.756 e. The van der Waals surface area contributed by atoms with Crippen molar-refractivity contribution in [3.63, 3.8) is 0 Å². The predicted octanol–water partition coefficient (Wildman–Crippen LogP) is -0.451. The molecule has 1 aromatic carbocycles. The summed E-state index contributed by atoms with van der Waals surface area (Å²) < 4.78 is 29.5. The van der Waals surface area contributed by atoms with Crippen molar-refractivity contribution in [2.24, 2.45) is 5.73 Å². The molecule has 1 aromatic heterocycles. The average molecular weight is 502 g/mol. The van der Waals surface area contributed by atoms with E-state index in [1.807, 2.05) is 13.0 Å². The summed E-state index contributed by atoms with van der Waals surface area (Å²) in [5.41, 5.74) is 8.19. The number of halogens is 3. The third kappa shape index (κ3) is 8.70. The van der Waals surface area contributed by atoms with Gasteiger partial charge in [-0.1, -0.05) is 53.5 Å². The van der Waals surface area contributed by atoms with Gasteiger partial charge in [0, 0.05) is 17.8 Å². The second-order valence-electron chi connectivity index (χ2n) is 6.45. The number of benzene rings is 1. The first kappa shape index (κ1) is 28.5. The number of pyridine rings is 1. The third-order valence-corrected chi connectivity index (χ3v) is 5.02. The zero-order valence-electron chi connectivity index (χ0n) is 16.7. The van der Waals surface area contributed by atoms with Gasteiger partial charge in [-0.3, -0.25) is 14.3 Å². The Kier molecular flexibility index (Phi) is 11.6. The van der Waals surface area contributed by atoms with Gasteiger partial charge < -0.3 is 25.4 Å². The number of amides is 1. The van der Waals surface area contributed by atoms with Crippen LogP contribution in [-0.4, -0.2) is 33.3 Å². The molecule has 4 atom stereocenters. The Morgan fingerprint density at radius 3 is 2.29 bits per heavy atom. The van der Waals surface area contributed by atoms with Crippen molar-refractivity contribution in [1.82, 2.24) is 10.3 Å². The Balaban J connectivity index is 0.00000480. The molecule has 0 aliphatic carbocycles. The van der Waals surface area contributed by atoms with Crippen molar-refractivity contribution >= 4 is 36.9 Å². The van der Waals surface area contributed by atoms with Crippen molar-refractivity contribution in [1.29, 1.82) is 0 Å². The molecule has 1 amide bonds. The Morgan fingerprint density at radius 1 is 1.29 bits per heavy atom. The molecule has 0 aliphatic heterocycles. The molecule has 0 bridgehead atoms. The first-order valence-electron chi connectivity index (χ1n) is 8.70. The van der Waals surface area contributed by atoms with E-state index in [-0.39, 0.29) is 41.2 Å². The first-order valence-corrected chi connectivity index (χ1v) is 11.1. The molecule has 2 aromatic rings. The summed E-state index contributed by atoms with van der Waals surface area (Å²) in [6, 6.07) is 8.13. The molecule has 1 heterocycles. The van der Waals surface area contributed by atoms with Crippen LogP contribution in [0.4, 0.5) is 4.39 Å². The maximum Gasteiger partial charge on any atom is 1.00 e. The summed E-state index contributed by atoms with van der Waals surface area (Å²) in [5.74, 6) is -0.940. The van der Waals surface area contributed by atoms with E-state index in [2.05, 4.69) is 14.8 Å². The van der Waals surface area contributed by atoms with Gasteiger partial charge in [0.1, 0.15) is 12.8 Å². The Hall–Kier alpha value is -0.580. The third-order valence-electron chi connectivity index (χ3n) is 4.13. The zero-order chi connectivity index (χ0) is 22.5. The number of phosphoric acid groups is 1. The molecule has 0 saturated carbocycles. The molecule has 4 N–H and O–H groups in total. The van der Waals surface area contributed by atoms with Crippen molar-refractivity contribution < 1.29 is 57.6 Å². The normalized spacial score (nSPS) is 16.0.